The normalized spacial score (nSPS) is 19.1. The fourth-order valence-corrected chi connectivity index (χ4v) is 3.80. The van der Waals surface area contributed by atoms with E-state index in [1.807, 2.05) is 23.1 Å². The summed E-state index contributed by atoms with van der Waals surface area (Å²) in [5.74, 6) is 0.329. The average Bonchev–Trinajstić information content (AvgIpc) is 2.69. The van der Waals surface area contributed by atoms with Crippen LogP contribution in [-0.4, -0.2) is 78.9 Å². The summed E-state index contributed by atoms with van der Waals surface area (Å²) in [5, 5.41) is 3.02. The minimum absolute atomic E-state index is 0.0658. The van der Waals surface area contributed by atoms with Crippen molar-refractivity contribution in [3.63, 3.8) is 0 Å². The molecule has 0 atom stereocenters. The largest absolute Gasteiger partial charge is 0.351 e. The molecule has 0 aromatic heterocycles. The predicted octanol–water partition coefficient (Wildman–Crippen LogP) is 1.24. The van der Waals surface area contributed by atoms with Gasteiger partial charge in [-0.15, -0.1) is 0 Å². The van der Waals surface area contributed by atoms with Crippen LogP contribution in [0.25, 0.3) is 0 Å². The minimum atomic E-state index is 0.0658. The molecule has 0 saturated carbocycles. The van der Waals surface area contributed by atoms with E-state index < -0.39 is 0 Å². The first kappa shape index (κ1) is 19.8. The van der Waals surface area contributed by atoms with Gasteiger partial charge in [-0.1, -0.05) is 24.3 Å². The van der Waals surface area contributed by atoms with Crippen molar-refractivity contribution in [1.29, 1.82) is 0 Å². The van der Waals surface area contributed by atoms with Crippen molar-refractivity contribution in [3.05, 3.63) is 35.4 Å². The number of nitrogens with one attached hydrogen (secondary N) is 1. The summed E-state index contributed by atoms with van der Waals surface area (Å²) in [7, 11) is 0. The lowest BCUT2D eigenvalue weighted by Crippen LogP contribution is -2.52. The summed E-state index contributed by atoms with van der Waals surface area (Å²) in [6.07, 6.45) is 3.52. The first-order valence-corrected chi connectivity index (χ1v) is 10.2. The van der Waals surface area contributed by atoms with Crippen molar-refractivity contribution >= 4 is 11.8 Å². The second-order valence-corrected chi connectivity index (χ2v) is 7.70. The first-order valence-electron chi connectivity index (χ1n) is 10.2. The first-order chi connectivity index (χ1) is 13.1. The Kier molecular flexibility index (Phi) is 7.24. The second-order valence-electron chi connectivity index (χ2n) is 7.70. The molecule has 0 aliphatic carbocycles. The van der Waals surface area contributed by atoms with Gasteiger partial charge in [0.1, 0.15) is 0 Å². The van der Waals surface area contributed by atoms with E-state index in [9.17, 15) is 9.59 Å². The third-order valence-electron chi connectivity index (χ3n) is 5.64. The monoisotopic (exact) mass is 372 g/mol. The molecule has 2 aliphatic rings. The molecule has 6 nitrogen and oxygen atoms in total. The van der Waals surface area contributed by atoms with Gasteiger partial charge in [-0.05, 0) is 37.3 Å². The van der Waals surface area contributed by atoms with Gasteiger partial charge in [0, 0.05) is 45.8 Å². The van der Waals surface area contributed by atoms with Crippen LogP contribution in [-0.2, 0) is 16.1 Å². The number of piperidine rings is 1. The maximum atomic E-state index is 12.4. The number of aryl methyl sites for hydroxylation is 1. The lowest BCUT2D eigenvalue weighted by atomic mass is 10.1. The molecule has 2 saturated heterocycles. The highest BCUT2D eigenvalue weighted by atomic mass is 16.2. The van der Waals surface area contributed by atoms with Crippen LogP contribution < -0.4 is 5.32 Å². The van der Waals surface area contributed by atoms with Crippen LogP contribution >= 0.6 is 0 Å². The molecule has 2 heterocycles. The Hall–Kier alpha value is -1.92. The van der Waals surface area contributed by atoms with Crippen molar-refractivity contribution in [3.8, 4) is 0 Å². The molecule has 1 N–H and O–H groups in total. The fourth-order valence-electron chi connectivity index (χ4n) is 3.80. The molecule has 0 spiro atoms. The molecular formula is C21H32N4O2. The molecule has 27 heavy (non-hydrogen) atoms. The molecule has 2 fully saturated rings. The van der Waals surface area contributed by atoms with Gasteiger partial charge >= 0.3 is 0 Å². The van der Waals surface area contributed by atoms with E-state index in [0.29, 0.717) is 19.6 Å². The van der Waals surface area contributed by atoms with E-state index in [1.165, 1.54) is 12.0 Å². The molecule has 2 aliphatic heterocycles. The SMILES string of the molecule is Cc1ccccc1CNC(=O)CN1CCN(CC(=O)N2CCCCC2)CC1. The lowest BCUT2D eigenvalue weighted by molar-refractivity contribution is -0.134. The zero-order valence-corrected chi connectivity index (χ0v) is 16.5. The molecule has 0 bridgehead atoms. The van der Waals surface area contributed by atoms with E-state index in [2.05, 4.69) is 28.1 Å². The quantitative estimate of drug-likeness (QED) is 0.816. The number of carbonyl (C=O) groups is 2. The van der Waals surface area contributed by atoms with E-state index >= 15 is 0 Å². The van der Waals surface area contributed by atoms with Gasteiger partial charge in [0.2, 0.25) is 11.8 Å². The van der Waals surface area contributed by atoms with Gasteiger partial charge in [0.25, 0.3) is 0 Å². The number of amides is 2. The molecule has 0 unspecified atom stereocenters. The highest BCUT2D eigenvalue weighted by Gasteiger charge is 2.23. The zero-order chi connectivity index (χ0) is 19.1. The number of benzene rings is 1. The number of hydrogen-bond donors (Lipinski definition) is 1. The Morgan fingerprint density at radius 3 is 2.19 bits per heavy atom. The lowest BCUT2D eigenvalue weighted by Gasteiger charge is -2.35. The summed E-state index contributed by atoms with van der Waals surface area (Å²) < 4.78 is 0. The predicted molar refractivity (Wildman–Crippen MR) is 106 cm³/mol. The van der Waals surface area contributed by atoms with Crippen molar-refractivity contribution in [2.45, 2.75) is 32.7 Å². The number of rotatable bonds is 6. The van der Waals surface area contributed by atoms with Crippen molar-refractivity contribution in [1.82, 2.24) is 20.0 Å². The van der Waals surface area contributed by atoms with E-state index in [-0.39, 0.29) is 11.8 Å². The molecule has 3 rings (SSSR count). The van der Waals surface area contributed by atoms with Crippen LogP contribution in [0.5, 0.6) is 0 Å². The van der Waals surface area contributed by atoms with Crippen molar-refractivity contribution in [2.24, 2.45) is 0 Å². The molecule has 6 heteroatoms. The van der Waals surface area contributed by atoms with Crippen molar-refractivity contribution in [2.75, 3.05) is 52.4 Å². The summed E-state index contributed by atoms with van der Waals surface area (Å²) in [4.78, 5) is 31.0. The molecule has 2 amide bonds. The average molecular weight is 373 g/mol. The van der Waals surface area contributed by atoms with Crippen LogP contribution in [0.15, 0.2) is 24.3 Å². The molecule has 0 radical (unpaired) electrons. The fraction of sp³-hybridized carbons (Fsp3) is 0.619. The number of carbonyl (C=O) groups excluding carboxylic acids is 2. The molecule has 148 valence electrons. The van der Waals surface area contributed by atoms with Gasteiger partial charge < -0.3 is 10.2 Å². The highest BCUT2D eigenvalue weighted by Crippen LogP contribution is 2.10. The summed E-state index contributed by atoms with van der Waals surface area (Å²) in [5.41, 5.74) is 2.36. The molecular weight excluding hydrogens is 340 g/mol. The summed E-state index contributed by atoms with van der Waals surface area (Å²) >= 11 is 0. The Labute approximate surface area is 162 Å². The molecule has 1 aromatic carbocycles. The Morgan fingerprint density at radius 2 is 1.52 bits per heavy atom. The number of nitrogens with zero attached hydrogens (tertiary/aromatic N) is 3. The van der Waals surface area contributed by atoms with E-state index in [4.69, 9.17) is 0 Å². The maximum absolute atomic E-state index is 12.4. The third kappa shape index (κ3) is 6.04. The highest BCUT2D eigenvalue weighted by molar-refractivity contribution is 5.78. The topological polar surface area (TPSA) is 55.9 Å². The van der Waals surface area contributed by atoms with Gasteiger partial charge in [-0.3, -0.25) is 19.4 Å². The van der Waals surface area contributed by atoms with Gasteiger partial charge in [-0.2, -0.15) is 0 Å². The Bertz CT molecular complexity index is 635. The van der Waals surface area contributed by atoms with E-state index in [0.717, 1.165) is 57.7 Å². The molecule has 1 aromatic rings. The van der Waals surface area contributed by atoms with Gasteiger partial charge in [0.15, 0.2) is 0 Å². The maximum Gasteiger partial charge on any atom is 0.236 e. The number of hydrogen-bond acceptors (Lipinski definition) is 4. The standard InChI is InChI=1S/C21H32N4O2/c1-18-7-3-4-8-19(18)15-22-20(26)16-23-11-13-24(14-12-23)17-21(27)25-9-5-2-6-10-25/h3-4,7-8H,2,5-6,9-17H2,1H3,(H,22,26). The van der Waals surface area contributed by atoms with Crippen LogP contribution in [0, 0.1) is 6.92 Å². The third-order valence-corrected chi connectivity index (χ3v) is 5.64. The minimum Gasteiger partial charge on any atom is -0.351 e. The van der Waals surface area contributed by atoms with Crippen LogP contribution in [0.2, 0.25) is 0 Å². The summed E-state index contributed by atoms with van der Waals surface area (Å²) in [6.45, 7) is 8.81. The van der Waals surface area contributed by atoms with Crippen molar-refractivity contribution < 1.29 is 9.59 Å². The smallest absolute Gasteiger partial charge is 0.236 e. The van der Waals surface area contributed by atoms with E-state index in [1.54, 1.807) is 0 Å². The van der Waals surface area contributed by atoms with Gasteiger partial charge in [-0.25, -0.2) is 0 Å². The summed E-state index contributed by atoms with van der Waals surface area (Å²) in [6, 6.07) is 8.12. The second kappa shape index (κ2) is 9.85. The van der Waals surface area contributed by atoms with Crippen LogP contribution in [0.4, 0.5) is 0 Å². The Balaban J connectivity index is 1.34. The number of piperazine rings is 1. The van der Waals surface area contributed by atoms with Gasteiger partial charge in [0.05, 0.1) is 13.1 Å². The number of likely N-dealkylation sites (tertiary alicyclic amines) is 1. The van der Waals surface area contributed by atoms with Crippen LogP contribution in [0.3, 0.4) is 0 Å². The Morgan fingerprint density at radius 1 is 0.889 bits per heavy atom. The zero-order valence-electron chi connectivity index (χ0n) is 16.5. The van der Waals surface area contributed by atoms with Crippen LogP contribution in [0.1, 0.15) is 30.4 Å².